The molecule has 0 aromatic carbocycles. The zero-order valence-corrected chi connectivity index (χ0v) is 6.86. The van der Waals surface area contributed by atoms with Crippen LogP contribution in [-0.4, -0.2) is 26.7 Å². The molecule has 1 N–H and O–H groups in total. The van der Waals surface area contributed by atoms with Gasteiger partial charge in [0.2, 0.25) is 0 Å². The molecule has 0 saturated carbocycles. The number of rotatable bonds is 3. The Morgan fingerprint density at radius 3 is 2.82 bits per heavy atom. The van der Waals surface area contributed by atoms with Gasteiger partial charge in [0.1, 0.15) is 0 Å². The van der Waals surface area contributed by atoms with E-state index in [0.29, 0.717) is 12.5 Å². The lowest BCUT2D eigenvalue weighted by molar-refractivity contribution is 0.297. The van der Waals surface area contributed by atoms with Crippen LogP contribution in [0.2, 0.25) is 0 Å². The minimum Gasteiger partial charge on any atom is -0.396 e. The summed E-state index contributed by atoms with van der Waals surface area (Å²) < 4.78 is 0. The van der Waals surface area contributed by atoms with E-state index in [2.05, 4.69) is 10.2 Å². The van der Waals surface area contributed by atoms with Crippen LogP contribution in [0.3, 0.4) is 0 Å². The summed E-state index contributed by atoms with van der Waals surface area (Å²) in [6.45, 7) is 4.17. The fourth-order valence-electron chi connectivity index (χ4n) is 0.787. The Bertz CT molecular complexity index is 219. The normalized spacial score (nSPS) is 10.9. The van der Waals surface area contributed by atoms with Gasteiger partial charge in [-0.15, -0.1) is 0 Å². The van der Waals surface area contributed by atoms with Gasteiger partial charge in [0.15, 0.2) is 0 Å². The molecule has 4 heteroatoms. The molecule has 1 aromatic heterocycles. The molecule has 11 heavy (non-hydrogen) atoms. The Morgan fingerprint density at radius 2 is 2.36 bits per heavy atom. The number of aromatic nitrogens is 3. The summed E-state index contributed by atoms with van der Waals surface area (Å²) in [5.41, 5.74) is 0.848. The second kappa shape index (κ2) is 3.48. The molecule has 0 unspecified atom stereocenters. The van der Waals surface area contributed by atoms with Crippen LogP contribution in [0.4, 0.5) is 0 Å². The third kappa shape index (κ3) is 2.01. The predicted molar refractivity (Wildman–Crippen MR) is 41.2 cm³/mol. The van der Waals surface area contributed by atoms with E-state index in [1.54, 1.807) is 11.0 Å². The number of aliphatic hydroxyl groups is 1. The highest BCUT2D eigenvalue weighted by atomic mass is 16.3. The van der Waals surface area contributed by atoms with Crippen LogP contribution in [0.25, 0.3) is 0 Å². The fourth-order valence-corrected chi connectivity index (χ4v) is 0.787. The van der Waals surface area contributed by atoms with E-state index in [-0.39, 0.29) is 6.61 Å². The van der Waals surface area contributed by atoms with E-state index in [1.165, 1.54) is 0 Å². The van der Waals surface area contributed by atoms with Crippen molar-refractivity contribution in [2.24, 2.45) is 0 Å². The zero-order valence-electron chi connectivity index (χ0n) is 6.86. The number of hydrogen-bond acceptors (Lipinski definition) is 3. The molecule has 1 aromatic rings. The summed E-state index contributed by atoms with van der Waals surface area (Å²) in [4.78, 5) is 1.64. The lowest BCUT2D eigenvalue weighted by Gasteiger charge is -2.00. The lowest BCUT2D eigenvalue weighted by atomic mass is 10.4. The van der Waals surface area contributed by atoms with Crippen molar-refractivity contribution in [3.63, 3.8) is 0 Å². The van der Waals surface area contributed by atoms with E-state index in [4.69, 9.17) is 5.11 Å². The average molecular weight is 155 g/mol. The standard InChI is InChI=1S/C7H13N3O/c1-6(2)10-8-5-7(9-10)3-4-11/h5-6,11H,3-4H2,1-2H3. The SMILES string of the molecule is CC(C)n1ncc(CCO)n1. The lowest BCUT2D eigenvalue weighted by Crippen LogP contribution is -2.05. The van der Waals surface area contributed by atoms with Gasteiger partial charge in [0.25, 0.3) is 0 Å². The first-order valence-electron chi connectivity index (χ1n) is 3.75. The summed E-state index contributed by atoms with van der Waals surface area (Å²) in [6.07, 6.45) is 2.28. The van der Waals surface area contributed by atoms with E-state index >= 15 is 0 Å². The topological polar surface area (TPSA) is 50.9 Å². The second-order valence-electron chi connectivity index (χ2n) is 2.72. The van der Waals surface area contributed by atoms with Crippen molar-refractivity contribution in [1.82, 2.24) is 15.0 Å². The third-order valence-corrected chi connectivity index (χ3v) is 1.39. The van der Waals surface area contributed by atoms with E-state index < -0.39 is 0 Å². The summed E-state index contributed by atoms with van der Waals surface area (Å²) in [5, 5.41) is 16.8. The van der Waals surface area contributed by atoms with Gasteiger partial charge in [-0.1, -0.05) is 0 Å². The molecular formula is C7H13N3O. The monoisotopic (exact) mass is 155 g/mol. The van der Waals surface area contributed by atoms with E-state index in [1.807, 2.05) is 13.8 Å². The van der Waals surface area contributed by atoms with Gasteiger partial charge in [0.05, 0.1) is 17.9 Å². The highest BCUT2D eigenvalue weighted by Gasteiger charge is 2.01. The molecular weight excluding hydrogens is 142 g/mol. The maximum atomic E-state index is 8.59. The maximum absolute atomic E-state index is 8.59. The van der Waals surface area contributed by atoms with Crippen LogP contribution >= 0.6 is 0 Å². The van der Waals surface area contributed by atoms with Crippen LogP contribution in [0.1, 0.15) is 25.6 Å². The van der Waals surface area contributed by atoms with Gasteiger partial charge in [-0.3, -0.25) is 0 Å². The van der Waals surface area contributed by atoms with Gasteiger partial charge in [-0.05, 0) is 13.8 Å². The number of nitrogens with zero attached hydrogens (tertiary/aromatic N) is 3. The van der Waals surface area contributed by atoms with Gasteiger partial charge >= 0.3 is 0 Å². The summed E-state index contributed by atoms with van der Waals surface area (Å²) >= 11 is 0. The molecule has 0 amide bonds. The Kier molecular flexibility index (Phi) is 2.59. The minimum absolute atomic E-state index is 0.136. The van der Waals surface area contributed by atoms with Gasteiger partial charge < -0.3 is 5.11 Å². The highest BCUT2D eigenvalue weighted by Crippen LogP contribution is 2.00. The van der Waals surface area contributed by atoms with Gasteiger partial charge in [-0.2, -0.15) is 15.0 Å². The van der Waals surface area contributed by atoms with Crippen molar-refractivity contribution in [2.45, 2.75) is 26.3 Å². The molecule has 0 aliphatic rings. The smallest absolute Gasteiger partial charge is 0.0850 e. The molecule has 0 spiro atoms. The molecule has 0 atom stereocenters. The van der Waals surface area contributed by atoms with Crippen LogP contribution in [0.5, 0.6) is 0 Å². The first-order chi connectivity index (χ1) is 5.24. The Hall–Kier alpha value is -0.900. The first-order valence-corrected chi connectivity index (χ1v) is 3.75. The summed E-state index contributed by atoms with van der Waals surface area (Å²) in [5.74, 6) is 0. The maximum Gasteiger partial charge on any atom is 0.0850 e. The molecule has 1 rings (SSSR count). The second-order valence-corrected chi connectivity index (χ2v) is 2.72. The largest absolute Gasteiger partial charge is 0.396 e. The van der Waals surface area contributed by atoms with Crippen molar-refractivity contribution in [1.29, 1.82) is 0 Å². The van der Waals surface area contributed by atoms with Gasteiger partial charge in [0, 0.05) is 13.0 Å². The Labute approximate surface area is 65.8 Å². The van der Waals surface area contributed by atoms with Crippen molar-refractivity contribution in [3.8, 4) is 0 Å². The molecule has 0 aliphatic heterocycles. The molecule has 62 valence electrons. The van der Waals surface area contributed by atoms with Crippen molar-refractivity contribution < 1.29 is 5.11 Å². The minimum atomic E-state index is 0.136. The Morgan fingerprint density at radius 1 is 1.64 bits per heavy atom. The van der Waals surface area contributed by atoms with Crippen molar-refractivity contribution in [2.75, 3.05) is 6.61 Å². The zero-order chi connectivity index (χ0) is 8.27. The molecule has 0 bridgehead atoms. The predicted octanol–water partition coefficient (Wildman–Crippen LogP) is 0.394. The van der Waals surface area contributed by atoms with Gasteiger partial charge in [-0.25, -0.2) is 0 Å². The van der Waals surface area contributed by atoms with E-state index in [0.717, 1.165) is 5.69 Å². The number of aliphatic hydroxyl groups excluding tert-OH is 1. The molecule has 0 radical (unpaired) electrons. The molecule has 0 saturated heterocycles. The van der Waals surface area contributed by atoms with E-state index in [9.17, 15) is 0 Å². The molecule has 1 heterocycles. The molecule has 4 nitrogen and oxygen atoms in total. The quantitative estimate of drug-likeness (QED) is 0.687. The van der Waals surface area contributed by atoms with Crippen molar-refractivity contribution in [3.05, 3.63) is 11.9 Å². The third-order valence-electron chi connectivity index (χ3n) is 1.39. The summed E-state index contributed by atoms with van der Waals surface area (Å²) in [6, 6.07) is 0.294. The average Bonchev–Trinajstić information content (AvgIpc) is 2.37. The Balaban J connectivity index is 2.66. The highest BCUT2D eigenvalue weighted by molar-refractivity contribution is 4.91. The first kappa shape index (κ1) is 8.20. The van der Waals surface area contributed by atoms with Crippen LogP contribution in [-0.2, 0) is 6.42 Å². The van der Waals surface area contributed by atoms with Crippen molar-refractivity contribution >= 4 is 0 Å². The molecule has 0 aliphatic carbocycles. The summed E-state index contributed by atoms with van der Waals surface area (Å²) in [7, 11) is 0. The van der Waals surface area contributed by atoms with Crippen LogP contribution < -0.4 is 0 Å². The van der Waals surface area contributed by atoms with Crippen LogP contribution in [0.15, 0.2) is 6.20 Å². The number of hydrogen-bond donors (Lipinski definition) is 1. The fraction of sp³-hybridized carbons (Fsp3) is 0.714. The molecule has 0 fully saturated rings. The van der Waals surface area contributed by atoms with Crippen LogP contribution in [0, 0.1) is 0 Å².